The highest BCUT2D eigenvalue weighted by Gasteiger charge is 2.20. The molecule has 0 atom stereocenters. The summed E-state index contributed by atoms with van der Waals surface area (Å²) in [6.07, 6.45) is 0. The quantitative estimate of drug-likeness (QED) is 0.863. The summed E-state index contributed by atoms with van der Waals surface area (Å²) in [6, 6.07) is 8.55. The summed E-state index contributed by atoms with van der Waals surface area (Å²) in [6.45, 7) is 8.89. The van der Waals surface area contributed by atoms with Crippen LogP contribution < -0.4 is 10.2 Å². The third-order valence-corrected chi connectivity index (χ3v) is 5.31. The zero-order valence-corrected chi connectivity index (χ0v) is 15.2. The molecule has 122 valence electrons. The second kappa shape index (κ2) is 7.27. The summed E-state index contributed by atoms with van der Waals surface area (Å²) in [7, 11) is 0. The van der Waals surface area contributed by atoms with E-state index in [1.807, 2.05) is 0 Å². The monoisotopic (exact) mass is 346 g/mol. The number of rotatable bonds is 3. The number of benzene rings is 1. The molecule has 4 nitrogen and oxygen atoms in total. The Morgan fingerprint density at radius 1 is 1.22 bits per heavy atom. The van der Waals surface area contributed by atoms with Crippen molar-refractivity contribution in [1.82, 2.24) is 15.2 Å². The maximum atomic E-state index is 5.39. The number of thiocarbonyl (C=S) groups is 1. The van der Waals surface area contributed by atoms with Gasteiger partial charge in [0.1, 0.15) is 0 Å². The summed E-state index contributed by atoms with van der Waals surface area (Å²) >= 11 is 7.11. The van der Waals surface area contributed by atoms with Crippen LogP contribution in [-0.2, 0) is 0 Å². The molecule has 0 spiro atoms. The van der Waals surface area contributed by atoms with Crippen LogP contribution in [0.5, 0.6) is 0 Å². The highest BCUT2D eigenvalue weighted by molar-refractivity contribution is 7.80. The van der Waals surface area contributed by atoms with Crippen LogP contribution >= 0.6 is 23.6 Å². The molecular formula is C17H22N4S2. The van der Waals surface area contributed by atoms with Gasteiger partial charge in [0.05, 0.1) is 5.69 Å². The van der Waals surface area contributed by atoms with Crippen molar-refractivity contribution in [3.63, 3.8) is 0 Å². The van der Waals surface area contributed by atoms with Gasteiger partial charge in [0.25, 0.3) is 0 Å². The minimum absolute atomic E-state index is 0.867. The predicted octanol–water partition coefficient (Wildman–Crippen LogP) is 3.13. The van der Waals surface area contributed by atoms with Crippen LogP contribution in [0.1, 0.15) is 12.5 Å². The van der Waals surface area contributed by atoms with E-state index in [0.717, 1.165) is 48.7 Å². The highest BCUT2D eigenvalue weighted by Crippen LogP contribution is 2.28. The first-order valence-corrected chi connectivity index (χ1v) is 9.26. The Bertz CT molecular complexity index is 657. The number of hydrogen-bond donors (Lipinski definition) is 1. The summed E-state index contributed by atoms with van der Waals surface area (Å²) in [5.74, 6) is 0. The second-order valence-electron chi connectivity index (χ2n) is 5.69. The first-order valence-electron chi connectivity index (χ1n) is 7.97. The number of aryl methyl sites for hydroxylation is 1. The Morgan fingerprint density at radius 3 is 2.57 bits per heavy atom. The van der Waals surface area contributed by atoms with Gasteiger partial charge in [0.15, 0.2) is 10.2 Å². The molecule has 1 aromatic carbocycles. The molecule has 2 heterocycles. The maximum Gasteiger partial charge on any atom is 0.185 e. The first kappa shape index (κ1) is 16.2. The molecule has 0 bridgehead atoms. The molecule has 0 saturated carbocycles. The third kappa shape index (κ3) is 3.82. The van der Waals surface area contributed by atoms with Gasteiger partial charge < -0.3 is 15.1 Å². The molecule has 1 saturated heterocycles. The molecule has 6 heteroatoms. The molecule has 1 aliphatic rings. The van der Waals surface area contributed by atoms with Crippen molar-refractivity contribution in [2.45, 2.75) is 13.8 Å². The lowest BCUT2D eigenvalue weighted by Gasteiger charge is -2.36. The predicted molar refractivity (Wildman–Crippen MR) is 102 cm³/mol. The Labute approximate surface area is 147 Å². The van der Waals surface area contributed by atoms with Crippen molar-refractivity contribution in [2.75, 3.05) is 37.6 Å². The topological polar surface area (TPSA) is 31.4 Å². The summed E-state index contributed by atoms with van der Waals surface area (Å²) in [5.41, 5.74) is 3.53. The van der Waals surface area contributed by atoms with Gasteiger partial charge in [-0.3, -0.25) is 0 Å². The number of aromatic nitrogens is 1. The average molecular weight is 347 g/mol. The first-order chi connectivity index (χ1) is 11.2. The number of nitrogens with one attached hydrogen (secondary N) is 1. The van der Waals surface area contributed by atoms with Crippen molar-refractivity contribution in [1.29, 1.82) is 0 Å². The van der Waals surface area contributed by atoms with Crippen LogP contribution in [0.4, 0.5) is 5.13 Å². The van der Waals surface area contributed by atoms with E-state index in [2.05, 4.69) is 58.6 Å². The Hall–Kier alpha value is -1.66. The van der Waals surface area contributed by atoms with E-state index in [-0.39, 0.29) is 0 Å². The van der Waals surface area contributed by atoms with Gasteiger partial charge in [-0.25, -0.2) is 4.98 Å². The summed E-state index contributed by atoms with van der Waals surface area (Å²) in [5, 5.41) is 7.35. The number of piperazine rings is 1. The molecule has 1 aromatic heterocycles. The molecule has 23 heavy (non-hydrogen) atoms. The number of anilines is 1. The molecule has 1 N–H and O–H groups in total. The molecule has 1 aliphatic heterocycles. The van der Waals surface area contributed by atoms with Crippen LogP contribution in [0.15, 0.2) is 29.6 Å². The standard InChI is InChI=1S/C17H22N4S2/c1-3-18-16(22)20-8-10-21(11-9-20)17-19-15(12-23-17)14-6-4-13(2)5-7-14/h4-7,12H,3,8-11H2,1-2H3,(H,18,22). The van der Waals surface area contributed by atoms with Crippen molar-refractivity contribution in [2.24, 2.45) is 0 Å². The van der Waals surface area contributed by atoms with Crippen molar-refractivity contribution in [3.8, 4) is 11.3 Å². The average Bonchev–Trinajstić information content (AvgIpc) is 3.06. The SMILES string of the molecule is CCNC(=S)N1CCN(c2nc(-c3ccc(C)cc3)cs2)CC1. The largest absolute Gasteiger partial charge is 0.363 e. The third-order valence-electron chi connectivity index (χ3n) is 4.00. The van der Waals surface area contributed by atoms with Gasteiger partial charge in [-0.15, -0.1) is 11.3 Å². The summed E-state index contributed by atoms with van der Waals surface area (Å²) in [4.78, 5) is 9.41. The molecule has 0 amide bonds. The van der Waals surface area contributed by atoms with E-state index < -0.39 is 0 Å². The number of hydrogen-bond acceptors (Lipinski definition) is 4. The smallest absolute Gasteiger partial charge is 0.185 e. The Balaban J connectivity index is 1.63. The maximum absolute atomic E-state index is 5.39. The van der Waals surface area contributed by atoms with Crippen molar-refractivity contribution in [3.05, 3.63) is 35.2 Å². The Morgan fingerprint density at radius 2 is 1.91 bits per heavy atom. The fraction of sp³-hybridized carbons (Fsp3) is 0.412. The zero-order chi connectivity index (χ0) is 16.2. The minimum atomic E-state index is 0.867. The van der Waals surface area contributed by atoms with Crippen LogP contribution in [0.25, 0.3) is 11.3 Å². The fourth-order valence-electron chi connectivity index (χ4n) is 2.63. The van der Waals surface area contributed by atoms with Crippen LogP contribution in [-0.4, -0.2) is 47.7 Å². The van der Waals surface area contributed by atoms with Crippen LogP contribution in [0, 0.1) is 6.92 Å². The molecule has 1 fully saturated rings. The molecular weight excluding hydrogens is 324 g/mol. The lowest BCUT2D eigenvalue weighted by atomic mass is 10.1. The fourth-order valence-corrected chi connectivity index (χ4v) is 3.85. The number of thiazole rings is 1. The van der Waals surface area contributed by atoms with Crippen LogP contribution in [0.3, 0.4) is 0 Å². The van der Waals surface area contributed by atoms with Gasteiger partial charge in [-0.1, -0.05) is 29.8 Å². The molecule has 3 rings (SSSR count). The molecule has 0 unspecified atom stereocenters. The lowest BCUT2D eigenvalue weighted by Crippen LogP contribution is -2.51. The summed E-state index contributed by atoms with van der Waals surface area (Å²) < 4.78 is 0. The van der Waals surface area contributed by atoms with E-state index in [1.165, 1.54) is 11.1 Å². The van der Waals surface area contributed by atoms with E-state index in [9.17, 15) is 0 Å². The van der Waals surface area contributed by atoms with Crippen molar-refractivity contribution >= 4 is 33.8 Å². The second-order valence-corrected chi connectivity index (χ2v) is 6.91. The molecule has 2 aromatic rings. The van der Waals surface area contributed by atoms with Gasteiger partial charge in [0, 0.05) is 43.7 Å². The normalized spacial score (nSPS) is 14.9. The van der Waals surface area contributed by atoms with Gasteiger partial charge >= 0.3 is 0 Å². The van der Waals surface area contributed by atoms with E-state index in [1.54, 1.807) is 11.3 Å². The van der Waals surface area contributed by atoms with Gasteiger partial charge in [-0.05, 0) is 26.1 Å². The van der Waals surface area contributed by atoms with E-state index in [0.29, 0.717) is 0 Å². The lowest BCUT2D eigenvalue weighted by molar-refractivity contribution is 0.381. The van der Waals surface area contributed by atoms with E-state index >= 15 is 0 Å². The Kier molecular flexibility index (Phi) is 5.13. The van der Waals surface area contributed by atoms with Gasteiger partial charge in [0.2, 0.25) is 0 Å². The van der Waals surface area contributed by atoms with Crippen molar-refractivity contribution < 1.29 is 0 Å². The van der Waals surface area contributed by atoms with Crippen LogP contribution in [0.2, 0.25) is 0 Å². The highest BCUT2D eigenvalue weighted by atomic mass is 32.1. The molecule has 0 radical (unpaired) electrons. The van der Waals surface area contributed by atoms with Gasteiger partial charge in [-0.2, -0.15) is 0 Å². The molecule has 0 aliphatic carbocycles. The zero-order valence-electron chi connectivity index (χ0n) is 13.6. The number of nitrogens with zero attached hydrogens (tertiary/aromatic N) is 3. The van der Waals surface area contributed by atoms with E-state index in [4.69, 9.17) is 17.2 Å². The minimum Gasteiger partial charge on any atom is -0.363 e.